The molecule has 1 aliphatic heterocycles. The van der Waals surface area contributed by atoms with Crippen molar-refractivity contribution < 1.29 is 5.11 Å². The molecule has 19 heavy (non-hydrogen) atoms. The second-order valence-electron chi connectivity index (χ2n) is 4.73. The van der Waals surface area contributed by atoms with Crippen molar-refractivity contribution in [3.63, 3.8) is 0 Å². The topological polar surface area (TPSA) is 90.9 Å². The van der Waals surface area contributed by atoms with Crippen LogP contribution in [0.5, 0.6) is 0 Å². The third-order valence-corrected chi connectivity index (χ3v) is 3.79. The summed E-state index contributed by atoms with van der Waals surface area (Å²) < 4.78 is 2.35. The zero-order valence-electron chi connectivity index (χ0n) is 10.2. The molecule has 1 aliphatic rings. The smallest absolute Gasteiger partial charge is 0.164 e. The Bertz CT molecular complexity index is 684. The van der Waals surface area contributed by atoms with Gasteiger partial charge in [-0.2, -0.15) is 10.4 Å². The molecule has 0 saturated carbocycles. The third kappa shape index (κ3) is 1.86. The van der Waals surface area contributed by atoms with Gasteiger partial charge in [0.1, 0.15) is 22.3 Å². The quantitative estimate of drug-likeness (QED) is 0.870. The molecular formula is C11H11BrN6O. The number of aliphatic hydroxyl groups is 1. The first kappa shape index (κ1) is 12.3. The van der Waals surface area contributed by atoms with Gasteiger partial charge in [0.05, 0.1) is 31.0 Å². The third-order valence-electron chi connectivity index (χ3n) is 3.24. The molecule has 0 aliphatic carbocycles. The molecule has 0 radical (unpaired) electrons. The van der Waals surface area contributed by atoms with Crippen molar-refractivity contribution in [3.05, 3.63) is 10.9 Å². The number of hydrogen-bond acceptors (Lipinski definition) is 6. The van der Waals surface area contributed by atoms with E-state index in [2.05, 4.69) is 31.0 Å². The summed E-state index contributed by atoms with van der Waals surface area (Å²) in [4.78, 5) is 10.4. The van der Waals surface area contributed by atoms with E-state index in [1.807, 2.05) is 18.0 Å². The molecule has 2 aromatic rings. The van der Waals surface area contributed by atoms with E-state index in [1.54, 1.807) is 4.68 Å². The number of nitriles is 1. The maximum atomic E-state index is 10.0. The van der Waals surface area contributed by atoms with E-state index < -0.39 is 5.60 Å². The molecule has 3 heterocycles. The lowest BCUT2D eigenvalue weighted by atomic mass is 9.91. The fraction of sp³-hybridized carbons (Fsp3) is 0.455. The Morgan fingerprint density at radius 1 is 1.53 bits per heavy atom. The Hall–Kier alpha value is -1.72. The van der Waals surface area contributed by atoms with Gasteiger partial charge in [0.15, 0.2) is 5.65 Å². The van der Waals surface area contributed by atoms with E-state index in [-0.39, 0.29) is 6.42 Å². The van der Waals surface area contributed by atoms with Gasteiger partial charge in [-0.1, -0.05) is 0 Å². The van der Waals surface area contributed by atoms with Gasteiger partial charge in [-0.25, -0.2) is 14.6 Å². The fourth-order valence-electron chi connectivity index (χ4n) is 2.34. The SMILES string of the molecule is Cn1nc(Br)c2c(N3CC(O)(CC#N)C3)ncnc21. The molecule has 8 heteroatoms. The number of nitrogens with zero attached hydrogens (tertiary/aromatic N) is 6. The number of aryl methyl sites for hydroxylation is 1. The maximum Gasteiger partial charge on any atom is 0.164 e. The Kier molecular flexibility index (Phi) is 2.69. The van der Waals surface area contributed by atoms with Crippen LogP contribution in [0.4, 0.5) is 5.82 Å². The van der Waals surface area contributed by atoms with E-state index in [9.17, 15) is 5.11 Å². The van der Waals surface area contributed by atoms with Gasteiger partial charge in [0.2, 0.25) is 0 Å². The van der Waals surface area contributed by atoms with Crippen LogP contribution in [-0.2, 0) is 7.05 Å². The van der Waals surface area contributed by atoms with Gasteiger partial charge in [-0.15, -0.1) is 0 Å². The Morgan fingerprint density at radius 2 is 2.26 bits per heavy atom. The molecule has 98 valence electrons. The zero-order valence-corrected chi connectivity index (χ0v) is 11.8. The van der Waals surface area contributed by atoms with Crippen molar-refractivity contribution in [3.8, 4) is 6.07 Å². The van der Waals surface area contributed by atoms with Crippen LogP contribution < -0.4 is 4.90 Å². The molecule has 0 amide bonds. The van der Waals surface area contributed by atoms with E-state index >= 15 is 0 Å². The molecule has 0 bridgehead atoms. The Morgan fingerprint density at radius 3 is 2.95 bits per heavy atom. The van der Waals surface area contributed by atoms with Gasteiger partial charge in [0, 0.05) is 7.05 Å². The highest BCUT2D eigenvalue weighted by molar-refractivity contribution is 9.10. The van der Waals surface area contributed by atoms with Crippen LogP contribution in [0.15, 0.2) is 10.9 Å². The van der Waals surface area contributed by atoms with E-state index in [4.69, 9.17) is 5.26 Å². The number of aromatic nitrogens is 4. The first-order valence-electron chi connectivity index (χ1n) is 5.71. The second kappa shape index (κ2) is 4.15. The largest absolute Gasteiger partial charge is 0.385 e. The molecule has 0 spiro atoms. The molecule has 3 rings (SSSR count). The molecule has 2 aromatic heterocycles. The number of hydrogen-bond donors (Lipinski definition) is 1. The number of halogens is 1. The maximum absolute atomic E-state index is 10.0. The fourth-order valence-corrected chi connectivity index (χ4v) is 2.93. The predicted molar refractivity (Wildman–Crippen MR) is 71.4 cm³/mol. The standard InChI is InChI=1S/C11H11BrN6O/c1-17-9-7(8(12)16-17)10(15-6-14-9)18-4-11(19,5-18)2-3-13/h6,19H,2,4-5H2,1H3. The molecule has 0 atom stereocenters. The van der Waals surface area contributed by atoms with Crippen LogP contribution in [0.2, 0.25) is 0 Å². The summed E-state index contributed by atoms with van der Waals surface area (Å²) in [5.74, 6) is 0.729. The van der Waals surface area contributed by atoms with Gasteiger partial charge >= 0.3 is 0 Å². The van der Waals surface area contributed by atoms with Crippen molar-refractivity contribution in [2.24, 2.45) is 7.05 Å². The first-order valence-corrected chi connectivity index (χ1v) is 6.51. The highest BCUT2D eigenvalue weighted by atomic mass is 79.9. The van der Waals surface area contributed by atoms with Gasteiger partial charge in [-0.3, -0.25) is 0 Å². The summed E-state index contributed by atoms with van der Waals surface area (Å²) >= 11 is 3.40. The minimum atomic E-state index is -0.930. The summed E-state index contributed by atoms with van der Waals surface area (Å²) in [7, 11) is 1.81. The highest BCUT2D eigenvalue weighted by Crippen LogP contribution is 2.35. The summed E-state index contributed by atoms with van der Waals surface area (Å²) in [5, 5.41) is 23.8. The number of fused-ring (bicyclic) bond motifs is 1. The second-order valence-corrected chi connectivity index (χ2v) is 5.48. The lowest BCUT2D eigenvalue weighted by molar-refractivity contribution is 0.0164. The number of β-amino-alcohol motifs (C(OH)–C–C–N with tert-alkyl or cyclic N) is 1. The van der Waals surface area contributed by atoms with Crippen LogP contribution in [0.3, 0.4) is 0 Å². The normalized spacial score (nSPS) is 17.3. The van der Waals surface area contributed by atoms with Crippen molar-refractivity contribution in [1.82, 2.24) is 19.7 Å². The molecular weight excluding hydrogens is 312 g/mol. The lowest BCUT2D eigenvalue weighted by Gasteiger charge is -2.46. The Balaban J connectivity index is 1.98. The average molecular weight is 323 g/mol. The zero-order chi connectivity index (χ0) is 13.6. The van der Waals surface area contributed by atoms with Crippen molar-refractivity contribution in [2.75, 3.05) is 18.0 Å². The average Bonchev–Trinajstić information content (AvgIpc) is 2.62. The van der Waals surface area contributed by atoms with Gasteiger partial charge < -0.3 is 10.0 Å². The molecule has 1 N–H and O–H groups in total. The summed E-state index contributed by atoms with van der Waals surface area (Å²) in [6, 6.07) is 2.00. The molecule has 1 saturated heterocycles. The predicted octanol–water partition coefficient (Wildman–Crippen LogP) is 0.591. The monoisotopic (exact) mass is 322 g/mol. The van der Waals surface area contributed by atoms with E-state index in [1.165, 1.54) is 6.33 Å². The van der Waals surface area contributed by atoms with Crippen molar-refractivity contribution in [2.45, 2.75) is 12.0 Å². The van der Waals surface area contributed by atoms with Crippen LogP contribution >= 0.6 is 15.9 Å². The molecule has 0 aromatic carbocycles. The van der Waals surface area contributed by atoms with Crippen LogP contribution in [0.1, 0.15) is 6.42 Å². The van der Waals surface area contributed by atoms with Crippen molar-refractivity contribution >= 4 is 32.8 Å². The van der Waals surface area contributed by atoms with Crippen LogP contribution in [0.25, 0.3) is 11.0 Å². The van der Waals surface area contributed by atoms with E-state index in [0.717, 1.165) is 16.9 Å². The number of rotatable bonds is 2. The minimum absolute atomic E-state index is 0.131. The Labute approximate surface area is 117 Å². The summed E-state index contributed by atoms with van der Waals surface area (Å²) in [5.41, 5.74) is -0.201. The van der Waals surface area contributed by atoms with Crippen molar-refractivity contribution in [1.29, 1.82) is 5.26 Å². The van der Waals surface area contributed by atoms with Crippen LogP contribution in [-0.4, -0.2) is 43.5 Å². The molecule has 7 nitrogen and oxygen atoms in total. The molecule has 0 unspecified atom stereocenters. The molecule has 1 fully saturated rings. The number of anilines is 1. The first-order chi connectivity index (χ1) is 9.04. The van der Waals surface area contributed by atoms with Crippen LogP contribution in [0, 0.1) is 11.3 Å². The minimum Gasteiger partial charge on any atom is -0.385 e. The van der Waals surface area contributed by atoms with Gasteiger partial charge in [-0.05, 0) is 15.9 Å². The summed E-state index contributed by atoms with van der Waals surface area (Å²) in [6.45, 7) is 0.794. The lowest BCUT2D eigenvalue weighted by Crippen LogP contribution is -2.62. The summed E-state index contributed by atoms with van der Waals surface area (Å²) in [6.07, 6.45) is 1.61. The van der Waals surface area contributed by atoms with E-state index in [0.29, 0.717) is 17.7 Å². The highest BCUT2D eigenvalue weighted by Gasteiger charge is 2.42. The van der Waals surface area contributed by atoms with Gasteiger partial charge in [0.25, 0.3) is 0 Å².